The van der Waals surface area contributed by atoms with Crippen LogP contribution in [-0.4, -0.2) is 17.0 Å². The molecular weight excluding hydrogens is 272 g/mol. The molecule has 4 heteroatoms. The smallest absolute Gasteiger partial charge is 0.157 e. The molecule has 0 spiro atoms. The topological polar surface area (TPSA) is 24.4 Å². The van der Waals surface area contributed by atoms with E-state index in [0.29, 0.717) is 11.5 Å². The summed E-state index contributed by atoms with van der Waals surface area (Å²) in [6.07, 6.45) is 2.35. The molecule has 0 aromatic carbocycles. The first-order valence-electron chi connectivity index (χ1n) is 7.00. The fourth-order valence-electron chi connectivity index (χ4n) is 2.12. The van der Waals surface area contributed by atoms with E-state index < -0.39 is 0 Å². The van der Waals surface area contributed by atoms with Crippen LogP contribution in [0.15, 0.2) is 17.1 Å². The number of thioether (sulfide) groups is 1. The van der Waals surface area contributed by atoms with Gasteiger partial charge in [0.05, 0.1) is 6.54 Å². The molecule has 0 saturated carbocycles. The quantitative estimate of drug-likeness (QED) is 0.899. The highest BCUT2D eigenvalue weighted by Gasteiger charge is 2.28. The molecule has 1 aliphatic rings. The van der Waals surface area contributed by atoms with Gasteiger partial charge in [-0.05, 0) is 30.4 Å². The van der Waals surface area contributed by atoms with Crippen molar-refractivity contribution >= 4 is 28.3 Å². The second-order valence-corrected chi connectivity index (χ2v) is 8.38. The van der Waals surface area contributed by atoms with Crippen LogP contribution in [0.25, 0.3) is 0 Å². The molecule has 2 rings (SSSR count). The lowest BCUT2D eigenvalue weighted by molar-refractivity contribution is 0.290. The largest absolute Gasteiger partial charge is 0.362 e. The Kier molecular flexibility index (Phi) is 4.96. The number of nitrogens with one attached hydrogen (secondary N) is 1. The SMILES string of the molecule is CCc1ccc(CN=C2NC(C(C)(C)C)CCS2)s1. The van der Waals surface area contributed by atoms with Crippen molar-refractivity contribution in [2.24, 2.45) is 10.4 Å². The molecule has 1 fully saturated rings. The monoisotopic (exact) mass is 296 g/mol. The first kappa shape index (κ1) is 14.9. The number of rotatable bonds is 3. The maximum absolute atomic E-state index is 4.74. The molecule has 2 nitrogen and oxygen atoms in total. The van der Waals surface area contributed by atoms with Crippen molar-refractivity contribution in [3.05, 3.63) is 21.9 Å². The Labute approximate surface area is 125 Å². The summed E-state index contributed by atoms with van der Waals surface area (Å²) in [6.45, 7) is 9.91. The Balaban J connectivity index is 1.95. The van der Waals surface area contributed by atoms with Gasteiger partial charge in [0.1, 0.15) is 0 Å². The van der Waals surface area contributed by atoms with Gasteiger partial charge in [0.15, 0.2) is 5.17 Å². The molecule has 1 unspecified atom stereocenters. The molecule has 1 atom stereocenters. The summed E-state index contributed by atoms with van der Waals surface area (Å²) in [5, 5.41) is 4.72. The summed E-state index contributed by atoms with van der Waals surface area (Å²) in [5.41, 5.74) is 0.306. The molecule has 106 valence electrons. The second-order valence-electron chi connectivity index (χ2n) is 6.04. The average Bonchev–Trinajstić information content (AvgIpc) is 2.84. The third kappa shape index (κ3) is 4.25. The Hall–Kier alpha value is -0.480. The molecule has 0 amide bonds. The number of aryl methyl sites for hydroxylation is 1. The van der Waals surface area contributed by atoms with Gasteiger partial charge < -0.3 is 5.32 Å². The van der Waals surface area contributed by atoms with Crippen LogP contribution in [-0.2, 0) is 13.0 Å². The van der Waals surface area contributed by atoms with Crippen molar-refractivity contribution in [3.8, 4) is 0 Å². The molecule has 1 saturated heterocycles. The molecule has 0 aliphatic carbocycles. The second kappa shape index (κ2) is 6.31. The Morgan fingerprint density at radius 1 is 1.32 bits per heavy atom. The van der Waals surface area contributed by atoms with Crippen LogP contribution in [0, 0.1) is 5.41 Å². The zero-order chi connectivity index (χ0) is 13.9. The normalized spacial score (nSPS) is 22.5. The number of aliphatic imine (C=N–C) groups is 1. The molecule has 19 heavy (non-hydrogen) atoms. The van der Waals surface area contributed by atoms with Crippen molar-refractivity contribution in [1.82, 2.24) is 5.32 Å². The molecule has 2 heterocycles. The van der Waals surface area contributed by atoms with Crippen molar-refractivity contribution in [3.63, 3.8) is 0 Å². The van der Waals surface area contributed by atoms with Gasteiger partial charge in [-0.25, -0.2) is 0 Å². The predicted molar refractivity (Wildman–Crippen MR) is 88.3 cm³/mol. The van der Waals surface area contributed by atoms with Crippen LogP contribution < -0.4 is 5.32 Å². The fourth-order valence-corrected chi connectivity index (χ4v) is 3.93. The number of hydrogen-bond acceptors (Lipinski definition) is 3. The van der Waals surface area contributed by atoms with E-state index in [1.54, 1.807) is 0 Å². The van der Waals surface area contributed by atoms with E-state index in [4.69, 9.17) is 4.99 Å². The lowest BCUT2D eigenvalue weighted by Crippen LogP contribution is -2.46. The van der Waals surface area contributed by atoms with E-state index in [0.717, 1.165) is 18.1 Å². The summed E-state index contributed by atoms with van der Waals surface area (Å²) in [6, 6.07) is 4.98. The van der Waals surface area contributed by atoms with E-state index in [-0.39, 0.29) is 0 Å². The summed E-state index contributed by atoms with van der Waals surface area (Å²) in [5.74, 6) is 1.18. The van der Waals surface area contributed by atoms with Crippen LogP contribution in [0.3, 0.4) is 0 Å². The molecule has 0 bridgehead atoms. The van der Waals surface area contributed by atoms with E-state index in [1.165, 1.54) is 21.9 Å². The van der Waals surface area contributed by atoms with Crippen molar-refractivity contribution in [2.75, 3.05) is 5.75 Å². The fraction of sp³-hybridized carbons (Fsp3) is 0.667. The highest BCUT2D eigenvalue weighted by molar-refractivity contribution is 8.13. The first-order valence-corrected chi connectivity index (χ1v) is 8.80. The average molecular weight is 297 g/mol. The van der Waals surface area contributed by atoms with Gasteiger partial charge >= 0.3 is 0 Å². The van der Waals surface area contributed by atoms with Crippen LogP contribution >= 0.6 is 23.1 Å². The van der Waals surface area contributed by atoms with E-state index in [1.807, 2.05) is 23.1 Å². The van der Waals surface area contributed by atoms with Gasteiger partial charge in [0, 0.05) is 21.5 Å². The maximum atomic E-state index is 4.74. The highest BCUT2D eigenvalue weighted by atomic mass is 32.2. The zero-order valence-electron chi connectivity index (χ0n) is 12.3. The minimum atomic E-state index is 0.306. The zero-order valence-corrected chi connectivity index (χ0v) is 14.0. The molecule has 1 aromatic heterocycles. The summed E-state index contributed by atoms with van der Waals surface area (Å²) < 4.78 is 0. The van der Waals surface area contributed by atoms with Gasteiger partial charge in [-0.2, -0.15) is 0 Å². The van der Waals surface area contributed by atoms with E-state index >= 15 is 0 Å². The molecule has 1 N–H and O–H groups in total. The number of hydrogen-bond donors (Lipinski definition) is 1. The third-order valence-corrected chi connectivity index (χ3v) is 5.61. The molecular formula is C15H24N2S2. The van der Waals surface area contributed by atoms with Gasteiger partial charge in [0.2, 0.25) is 0 Å². The van der Waals surface area contributed by atoms with E-state index in [9.17, 15) is 0 Å². The molecule has 1 aliphatic heterocycles. The van der Waals surface area contributed by atoms with Gasteiger partial charge in [-0.15, -0.1) is 11.3 Å². The Bertz CT molecular complexity index is 443. The Morgan fingerprint density at radius 2 is 2.05 bits per heavy atom. The minimum Gasteiger partial charge on any atom is -0.362 e. The predicted octanol–water partition coefficient (Wildman–Crippen LogP) is 4.31. The van der Waals surface area contributed by atoms with E-state index in [2.05, 4.69) is 45.1 Å². The number of nitrogens with zero attached hydrogens (tertiary/aromatic N) is 1. The minimum absolute atomic E-state index is 0.306. The summed E-state index contributed by atoms with van der Waals surface area (Å²) in [7, 11) is 0. The highest BCUT2D eigenvalue weighted by Crippen LogP contribution is 2.27. The van der Waals surface area contributed by atoms with Crippen LogP contribution in [0.4, 0.5) is 0 Å². The van der Waals surface area contributed by atoms with Crippen molar-refractivity contribution < 1.29 is 0 Å². The maximum Gasteiger partial charge on any atom is 0.157 e. The Morgan fingerprint density at radius 3 is 2.68 bits per heavy atom. The van der Waals surface area contributed by atoms with Crippen LogP contribution in [0.1, 0.15) is 43.9 Å². The van der Waals surface area contributed by atoms with Crippen molar-refractivity contribution in [1.29, 1.82) is 0 Å². The van der Waals surface area contributed by atoms with Crippen LogP contribution in [0.5, 0.6) is 0 Å². The molecule has 1 aromatic rings. The van der Waals surface area contributed by atoms with Crippen molar-refractivity contribution in [2.45, 2.75) is 53.1 Å². The standard InChI is InChI=1S/C15H24N2S2/c1-5-11-6-7-12(19-11)10-16-14-17-13(8-9-18-14)15(2,3)4/h6-7,13H,5,8-10H2,1-4H3,(H,16,17). The third-order valence-electron chi connectivity index (χ3n) is 3.43. The van der Waals surface area contributed by atoms with Crippen LogP contribution in [0.2, 0.25) is 0 Å². The number of thiophene rings is 1. The van der Waals surface area contributed by atoms with Gasteiger partial charge in [-0.3, -0.25) is 4.99 Å². The lowest BCUT2D eigenvalue weighted by atomic mass is 9.85. The van der Waals surface area contributed by atoms with Gasteiger partial charge in [0.25, 0.3) is 0 Å². The number of amidine groups is 1. The lowest BCUT2D eigenvalue weighted by Gasteiger charge is -2.35. The first-order chi connectivity index (χ1) is 8.99. The molecule has 0 radical (unpaired) electrons. The summed E-state index contributed by atoms with van der Waals surface area (Å²) >= 11 is 3.74. The van der Waals surface area contributed by atoms with Gasteiger partial charge in [-0.1, -0.05) is 39.5 Å². The summed E-state index contributed by atoms with van der Waals surface area (Å²) in [4.78, 5) is 7.56.